The highest BCUT2D eigenvalue weighted by molar-refractivity contribution is 5.82. The number of fused-ring (bicyclic) bond motifs is 1. The fourth-order valence-electron chi connectivity index (χ4n) is 2.74. The normalized spacial score (nSPS) is 17.4. The Labute approximate surface area is 108 Å². The SMILES string of the molecule is CC(CC1CCC1)Nc1ccc2ncccc2c1. The molecule has 0 aliphatic heterocycles. The first kappa shape index (κ1) is 11.5. The monoisotopic (exact) mass is 240 g/mol. The third-order valence-corrected chi connectivity index (χ3v) is 3.93. The zero-order valence-electron chi connectivity index (χ0n) is 10.9. The van der Waals surface area contributed by atoms with Gasteiger partial charge in [0.15, 0.2) is 0 Å². The van der Waals surface area contributed by atoms with Crippen molar-refractivity contribution >= 4 is 16.6 Å². The number of hydrogen-bond donors (Lipinski definition) is 1. The van der Waals surface area contributed by atoms with E-state index >= 15 is 0 Å². The molecule has 1 fully saturated rings. The molecule has 94 valence electrons. The molecule has 1 aromatic heterocycles. The molecule has 1 aromatic carbocycles. The Morgan fingerprint density at radius 3 is 3.00 bits per heavy atom. The Balaban J connectivity index is 1.69. The smallest absolute Gasteiger partial charge is 0.0703 e. The van der Waals surface area contributed by atoms with Crippen LogP contribution in [0.4, 0.5) is 5.69 Å². The second-order valence-corrected chi connectivity index (χ2v) is 5.49. The number of rotatable bonds is 4. The third-order valence-electron chi connectivity index (χ3n) is 3.93. The molecule has 0 spiro atoms. The minimum atomic E-state index is 0.560. The molecule has 0 bridgehead atoms. The molecule has 1 N–H and O–H groups in total. The molecule has 0 amide bonds. The van der Waals surface area contributed by atoms with E-state index in [0.29, 0.717) is 6.04 Å². The van der Waals surface area contributed by atoms with Gasteiger partial charge in [0.2, 0.25) is 0 Å². The van der Waals surface area contributed by atoms with Gasteiger partial charge in [0.05, 0.1) is 5.52 Å². The maximum absolute atomic E-state index is 4.34. The summed E-state index contributed by atoms with van der Waals surface area (Å²) in [6, 6.07) is 11.1. The van der Waals surface area contributed by atoms with Crippen molar-refractivity contribution in [3.05, 3.63) is 36.5 Å². The number of nitrogens with zero attached hydrogens (tertiary/aromatic N) is 1. The lowest BCUT2D eigenvalue weighted by Crippen LogP contribution is -2.23. The van der Waals surface area contributed by atoms with E-state index < -0.39 is 0 Å². The van der Waals surface area contributed by atoms with Gasteiger partial charge in [0.25, 0.3) is 0 Å². The zero-order chi connectivity index (χ0) is 12.4. The van der Waals surface area contributed by atoms with Gasteiger partial charge in [-0.15, -0.1) is 0 Å². The van der Waals surface area contributed by atoms with E-state index in [0.717, 1.165) is 11.4 Å². The van der Waals surface area contributed by atoms with Crippen LogP contribution in [0.15, 0.2) is 36.5 Å². The Kier molecular flexibility index (Phi) is 3.18. The van der Waals surface area contributed by atoms with Gasteiger partial charge in [0.1, 0.15) is 0 Å². The summed E-state index contributed by atoms with van der Waals surface area (Å²) in [5, 5.41) is 4.81. The quantitative estimate of drug-likeness (QED) is 0.865. The number of anilines is 1. The minimum absolute atomic E-state index is 0.560. The summed E-state index contributed by atoms with van der Waals surface area (Å²) in [5.41, 5.74) is 2.28. The van der Waals surface area contributed by atoms with E-state index in [4.69, 9.17) is 0 Å². The molecule has 1 aliphatic carbocycles. The molecular formula is C16H20N2. The number of aromatic nitrogens is 1. The van der Waals surface area contributed by atoms with Crippen molar-refractivity contribution in [3.63, 3.8) is 0 Å². The summed E-state index contributed by atoms with van der Waals surface area (Å²) in [4.78, 5) is 4.34. The average Bonchev–Trinajstić information content (AvgIpc) is 2.34. The predicted molar refractivity (Wildman–Crippen MR) is 76.8 cm³/mol. The molecule has 3 rings (SSSR count). The molecular weight excluding hydrogens is 220 g/mol. The van der Waals surface area contributed by atoms with Crippen molar-refractivity contribution in [2.24, 2.45) is 5.92 Å². The van der Waals surface area contributed by atoms with Crippen LogP contribution in [-0.4, -0.2) is 11.0 Å². The van der Waals surface area contributed by atoms with Crippen molar-refractivity contribution in [3.8, 4) is 0 Å². The number of hydrogen-bond acceptors (Lipinski definition) is 2. The Hall–Kier alpha value is -1.57. The van der Waals surface area contributed by atoms with Gasteiger partial charge in [-0.05, 0) is 43.5 Å². The van der Waals surface area contributed by atoms with E-state index in [1.807, 2.05) is 12.3 Å². The van der Waals surface area contributed by atoms with Crippen molar-refractivity contribution in [1.82, 2.24) is 4.98 Å². The fraction of sp³-hybridized carbons (Fsp3) is 0.438. The lowest BCUT2D eigenvalue weighted by atomic mass is 9.81. The lowest BCUT2D eigenvalue weighted by molar-refractivity contribution is 0.286. The molecule has 1 atom stereocenters. The number of nitrogens with one attached hydrogen (secondary N) is 1. The third kappa shape index (κ3) is 2.47. The molecule has 1 aliphatic rings. The van der Waals surface area contributed by atoms with Crippen LogP contribution in [0.5, 0.6) is 0 Å². The van der Waals surface area contributed by atoms with E-state index in [2.05, 4.69) is 41.5 Å². The summed E-state index contributed by atoms with van der Waals surface area (Å²) in [6.45, 7) is 2.28. The molecule has 2 heteroatoms. The first-order chi connectivity index (χ1) is 8.81. The average molecular weight is 240 g/mol. The summed E-state index contributed by atoms with van der Waals surface area (Å²) >= 11 is 0. The Morgan fingerprint density at radius 2 is 2.22 bits per heavy atom. The first-order valence-corrected chi connectivity index (χ1v) is 6.92. The van der Waals surface area contributed by atoms with Crippen molar-refractivity contribution < 1.29 is 0 Å². The van der Waals surface area contributed by atoms with Crippen LogP contribution in [0.1, 0.15) is 32.6 Å². The summed E-state index contributed by atoms with van der Waals surface area (Å²) in [7, 11) is 0. The van der Waals surface area contributed by atoms with Gasteiger partial charge in [-0.2, -0.15) is 0 Å². The van der Waals surface area contributed by atoms with Crippen LogP contribution in [-0.2, 0) is 0 Å². The van der Waals surface area contributed by atoms with Crippen LogP contribution < -0.4 is 5.32 Å². The van der Waals surface area contributed by atoms with Crippen LogP contribution >= 0.6 is 0 Å². The van der Waals surface area contributed by atoms with Crippen LogP contribution in [0, 0.1) is 5.92 Å². The highest BCUT2D eigenvalue weighted by Gasteiger charge is 2.19. The molecule has 1 unspecified atom stereocenters. The molecule has 1 saturated carbocycles. The largest absolute Gasteiger partial charge is 0.383 e. The van der Waals surface area contributed by atoms with Gasteiger partial charge in [-0.25, -0.2) is 0 Å². The highest BCUT2D eigenvalue weighted by atomic mass is 14.9. The first-order valence-electron chi connectivity index (χ1n) is 6.92. The Morgan fingerprint density at radius 1 is 1.33 bits per heavy atom. The summed E-state index contributed by atoms with van der Waals surface area (Å²) in [6.07, 6.45) is 7.42. The van der Waals surface area contributed by atoms with Gasteiger partial charge in [0, 0.05) is 23.3 Å². The highest BCUT2D eigenvalue weighted by Crippen LogP contribution is 2.31. The maximum atomic E-state index is 4.34. The van der Waals surface area contributed by atoms with Gasteiger partial charge < -0.3 is 5.32 Å². The van der Waals surface area contributed by atoms with Crippen LogP contribution in [0.25, 0.3) is 10.9 Å². The van der Waals surface area contributed by atoms with E-state index in [-0.39, 0.29) is 0 Å². The maximum Gasteiger partial charge on any atom is 0.0703 e. The standard InChI is InChI=1S/C16H20N2/c1-12(10-13-4-2-5-13)18-15-7-8-16-14(11-15)6-3-9-17-16/h3,6-9,11-13,18H,2,4-5,10H2,1H3. The molecule has 2 aromatic rings. The molecule has 0 saturated heterocycles. The molecule has 18 heavy (non-hydrogen) atoms. The molecule has 1 heterocycles. The van der Waals surface area contributed by atoms with E-state index in [1.165, 1.54) is 36.8 Å². The van der Waals surface area contributed by atoms with Crippen LogP contribution in [0.2, 0.25) is 0 Å². The topological polar surface area (TPSA) is 24.9 Å². The minimum Gasteiger partial charge on any atom is -0.383 e. The fourth-order valence-corrected chi connectivity index (χ4v) is 2.74. The van der Waals surface area contributed by atoms with Crippen molar-refractivity contribution in [1.29, 1.82) is 0 Å². The summed E-state index contributed by atoms with van der Waals surface area (Å²) < 4.78 is 0. The van der Waals surface area contributed by atoms with E-state index in [9.17, 15) is 0 Å². The second kappa shape index (κ2) is 4.97. The van der Waals surface area contributed by atoms with Gasteiger partial charge in [-0.1, -0.05) is 25.3 Å². The Bertz CT molecular complexity index is 531. The van der Waals surface area contributed by atoms with Crippen molar-refractivity contribution in [2.45, 2.75) is 38.6 Å². The lowest BCUT2D eigenvalue weighted by Gasteiger charge is -2.28. The zero-order valence-corrected chi connectivity index (χ0v) is 10.9. The van der Waals surface area contributed by atoms with Gasteiger partial charge >= 0.3 is 0 Å². The predicted octanol–water partition coefficient (Wildman–Crippen LogP) is 4.23. The summed E-state index contributed by atoms with van der Waals surface area (Å²) in [5.74, 6) is 0.953. The van der Waals surface area contributed by atoms with E-state index in [1.54, 1.807) is 0 Å². The van der Waals surface area contributed by atoms with Gasteiger partial charge in [-0.3, -0.25) is 4.98 Å². The van der Waals surface area contributed by atoms with Crippen LogP contribution in [0.3, 0.4) is 0 Å². The van der Waals surface area contributed by atoms with Crippen molar-refractivity contribution in [2.75, 3.05) is 5.32 Å². The number of benzene rings is 1. The number of pyridine rings is 1. The second-order valence-electron chi connectivity index (χ2n) is 5.49. The molecule has 0 radical (unpaired) electrons. The molecule has 2 nitrogen and oxygen atoms in total.